The Morgan fingerprint density at radius 3 is 2.47 bits per heavy atom. The molecule has 0 saturated carbocycles. The Bertz CT molecular complexity index is 984. The van der Waals surface area contributed by atoms with E-state index in [4.69, 9.17) is 25.8 Å². The highest BCUT2D eigenvalue weighted by Crippen LogP contribution is 2.30. The summed E-state index contributed by atoms with van der Waals surface area (Å²) < 4.78 is 15.9. The van der Waals surface area contributed by atoms with Gasteiger partial charge in [0.2, 0.25) is 5.75 Å². The Morgan fingerprint density at radius 2 is 1.84 bits per heavy atom. The molecule has 0 fully saturated rings. The molecule has 0 radical (unpaired) electrons. The standard InChI is InChI=1S/C22H26ClN3O6/c1-6-17(27)32-20-16(30-5)9-11-25-19(20)21(28)26-13(3)22(29)31-14(4)12(2)18-15(23)8-7-10-24-18/h7-14H,6H2,1-5H3,(H,26,28)/t12-,13+,14+/m1/s1. The van der Waals surface area contributed by atoms with Gasteiger partial charge >= 0.3 is 11.9 Å². The van der Waals surface area contributed by atoms with Crippen molar-refractivity contribution >= 4 is 29.4 Å². The maximum absolute atomic E-state index is 12.7. The number of esters is 2. The van der Waals surface area contributed by atoms with Crippen LogP contribution in [-0.2, 0) is 14.3 Å². The molecule has 0 aliphatic heterocycles. The zero-order valence-corrected chi connectivity index (χ0v) is 19.3. The second-order valence-corrected chi connectivity index (χ2v) is 7.42. The Labute approximate surface area is 191 Å². The molecule has 10 heteroatoms. The Hall–Kier alpha value is -3.20. The van der Waals surface area contributed by atoms with Gasteiger partial charge in [-0.2, -0.15) is 0 Å². The number of amides is 1. The van der Waals surface area contributed by atoms with Crippen LogP contribution in [0.4, 0.5) is 0 Å². The topological polar surface area (TPSA) is 117 Å². The average Bonchev–Trinajstić information content (AvgIpc) is 2.78. The van der Waals surface area contributed by atoms with Crippen LogP contribution in [0.25, 0.3) is 0 Å². The van der Waals surface area contributed by atoms with E-state index in [1.54, 1.807) is 32.2 Å². The van der Waals surface area contributed by atoms with Crippen molar-refractivity contribution < 1.29 is 28.6 Å². The third-order valence-corrected chi connectivity index (χ3v) is 5.05. The first kappa shape index (κ1) is 25.1. The lowest BCUT2D eigenvalue weighted by atomic mass is 10.0. The summed E-state index contributed by atoms with van der Waals surface area (Å²) in [6, 6.07) is 3.88. The number of aromatic nitrogens is 2. The number of hydrogen-bond donors (Lipinski definition) is 1. The number of methoxy groups -OCH3 is 1. The van der Waals surface area contributed by atoms with E-state index >= 15 is 0 Å². The molecule has 0 bridgehead atoms. The molecule has 3 atom stereocenters. The SMILES string of the molecule is CCC(=O)Oc1c(OC)ccnc1C(=O)N[C@@H](C)C(=O)O[C@@H](C)[C@@H](C)c1ncccc1Cl. The van der Waals surface area contributed by atoms with Gasteiger partial charge in [0, 0.05) is 30.8 Å². The smallest absolute Gasteiger partial charge is 0.328 e. The van der Waals surface area contributed by atoms with Gasteiger partial charge in [0.1, 0.15) is 12.1 Å². The van der Waals surface area contributed by atoms with E-state index in [0.717, 1.165) is 0 Å². The summed E-state index contributed by atoms with van der Waals surface area (Å²) in [6.07, 6.45) is 2.49. The van der Waals surface area contributed by atoms with Gasteiger partial charge in [0.15, 0.2) is 11.4 Å². The molecule has 2 aromatic heterocycles. The largest absolute Gasteiger partial charge is 0.493 e. The van der Waals surface area contributed by atoms with Crippen LogP contribution >= 0.6 is 11.6 Å². The molecule has 1 N–H and O–H groups in total. The van der Waals surface area contributed by atoms with E-state index in [-0.39, 0.29) is 29.5 Å². The van der Waals surface area contributed by atoms with E-state index in [1.807, 2.05) is 6.92 Å². The van der Waals surface area contributed by atoms with Gasteiger partial charge in [-0.3, -0.25) is 14.6 Å². The summed E-state index contributed by atoms with van der Waals surface area (Å²) >= 11 is 6.17. The fraction of sp³-hybridized carbons (Fsp3) is 0.409. The van der Waals surface area contributed by atoms with Crippen LogP contribution in [0.2, 0.25) is 5.02 Å². The number of rotatable bonds is 9. The molecule has 172 valence electrons. The normalized spacial score (nSPS) is 13.4. The molecular weight excluding hydrogens is 438 g/mol. The second-order valence-electron chi connectivity index (χ2n) is 7.01. The second kappa shape index (κ2) is 11.4. The lowest BCUT2D eigenvalue weighted by Gasteiger charge is -2.23. The molecule has 0 unspecified atom stereocenters. The predicted octanol–water partition coefficient (Wildman–Crippen LogP) is 3.31. The molecule has 0 spiro atoms. The number of carbonyl (C=O) groups excluding carboxylic acids is 3. The highest BCUT2D eigenvalue weighted by atomic mass is 35.5. The van der Waals surface area contributed by atoms with E-state index in [2.05, 4.69) is 15.3 Å². The summed E-state index contributed by atoms with van der Waals surface area (Å²) in [5.41, 5.74) is 0.418. The Balaban J connectivity index is 2.09. The van der Waals surface area contributed by atoms with Crippen molar-refractivity contribution in [3.05, 3.63) is 47.0 Å². The molecule has 0 saturated heterocycles. The molecule has 9 nitrogen and oxygen atoms in total. The van der Waals surface area contributed by atoms with Crippen molar-refractivity contribution in [1.29, 1.82) is 0 Å². The minimum absolute atomic E-state index is 0.0954. The van der Waals surface area contributed by atoms with Crippen LogP contribution in [0.1, 0.15) is 56.2 Å². The lowest BCUT2D eigenvalue weighted by molar-refractivity contribution is -0.151. The van der Waals surface area contributed by atoms with Crippen LogP contribution in [-0.4, -0.2) is 47.1 Å². The minimum atomic E-state index is -1.00. The molecule has 32 heavy (non-hydrogen) atoms. The first-order chi connectivity index (χ1) is 15.2. The van der Waals surface area contributed by atoms with Gasteiger partial charge in [0.25, 0.3) is 5.91 Å². The maximum atomic E-state index is 12.7. The Kier molecular flexibility index (Phi) is 8.95. The summed E-state index contributed by atoms with van der Waals surface area (Å²) in [7, 11) is 1.37. The minimum Gasteiger partial charge on any atom is -0.493 e. The summed E-state index contributed by atoms with van der Waals surface area (Å²) in [6.45, 7) is 6.64. The third kappa shape index (κ3) is 6.16. The van der Waals surface area contributed by atoms with Crippen LogP contribution in [0, 0.1) is 0 Å². The quantitative estimate of drug-likeness (QED) is 0.563. The highest BCUT2D eigenvalue weighted by molar-refractivity contribution is 6.31. The fourth-order valence-electron chi connectivity index (χ4n) is 2.70. The van der Waals surface area contributed by atoms with Gasteiger partial charge < -0.3 is 19.5 Å². The molecule has 1 amide bonds. The molecule has 0 aromatic carbocycles. The lowest BCUT2D eigenvalue weighted by Crippen LogP contribution is -2.41. The number of nitrogens with one attached hydrogen (secondary N) is 1. The molecule has 2 rings (SSSR count). The number of pyridine rings is 2. The summed E-state index contributed by atoms with van der Waals surface area (Å²) in [4.78, 5) is 45.3. The van der Waals surface area contributed by atoms with Crippen molar-refractivity contribution in [1.82, 2.24) is 15.3 Å². The average molecular weight is 464 g/mol. The zero-order valence-electron chi connectivity index (χ0n) is 18.5. The fourth-order valence-corrected chi connectivity index (χ4v) is 3.00. The Morgan fingerprint density at radius 1 is 1.12 bits per heavy atom. The number of halogens is 1. The monoisotopic (exact) mass is 463 g/mol. The van der Waals surface area contributed by atoms with Crippen molar-refractivity contribution in [3.8, 4) is 11.5 Å². The van der Waals surface area contributed by atoms with Gasteiger partial charge in [-0.25, -0.2) is 9.78 Å². The predicted molar refractivity (Wildman–Crippen MR) is 117 cm³/mol. The van der Waals surface area contributed by atoms with Crippen LogP contribution in [0.15, 0.2) is 30.6 Å². The molecule has 0 aliphatic carbocycles. The molecule has 0 aliphatic rings. The number of nitrogens with zero attached hydrogens (tertiary/aromatic N) is 2. The van der Waals surface area contributed by atoms with E-state index < -0.39 is 30.0 Å². The van der Waals surface area contributed by atoms with Gasteiger partial charge in [-0.1, -0.05) is 25.4 Å². The van der Waals surface area contributed by atoms with E-state index in [9.17, 15) is 14.4 Å². The maximum Gasteiger partial charge on any atom is 0.328 e. The molecule has 2 aromatic rings. The van der Waals surface area contributed by atoms with Crippen LogP contribution < -0.4 is 14.8 Å². The van der Waals surface area contributed by atoms with Crippen molar-refractivity contribution in [2.75, 3.05) is 7.11 Å². The van der Waals surface area contributed by atoms with Crippen molar-refractivity contribution in [2.45, 2.75) is 52.2 Å². The van der Waals surface area contributed by atoms with Crippen molar-refractivity contribution in [3.63, 3.8) is 0 Å². The number of carbonyl (C=O) groups is 3. The van der Waals surface area contributed by atoms with Gasteiger partial charge in [-0.15, -0.1) is 0 Å². The molecule has 2 heterocycles. The number of ether oxygens (including phenoxy) is 3. The van der Waals surface area contributed by atoms with Crippen molar-refractivity contribution in [2.24, 2.45) is 0 Å². The zero-order chi connectivity index (χ0) is 23.8. The van der Waals surface area contributed by atoms with Crippen LogP contribution in [0.3, 0.4) is 0 Å². The van der Waals surface area contributed by atoms with Crippen LogP contribution in [0.5, 0.6) is 11.5 Å². The third-order valence-electron chi connectivity index (χ3n) is 4.73. The van der Waals surface area contributed by atoms with E-state index in [0.29, 0.717) is 10.7 Å². The van der Waals surface area contributed by atoms with Gasteiger partial charge in [0.05, 0.1) is 17.8 Å². The highest BCUT2D eigenvalue weighted by Gasteiger charge is 2.27. The molecular formula is C22H26ClN3O6. The summed E-state index contributed by atoms with van der Waals surface area (Å²) in [5, 5.41) is 2.98. The first-order valence-corrected chi connectivity index (χ1v) is 10.4. The van der Waals surface area contributed by atoms with E-state index in [1.165, 1.54) is 26.3 Å². The first-order valence-electron chi connectivity index (χ1n) is 10.0. The number of hydrogen-bond acceptors (Lipinski definition) is 8. The van der Waals surface area contributed by atoms with Gasteiger partial charge in [-0.05, 0) is 26.0 Å². The summed E-state index contributed by atoms with van der Waals surface area (Å²) in [5.74, 6) is -2.16.